The first-order valence-electron chi connectivity index (χ1n) is 9.03. The lowest BCUT2D eigenvalue weighted by Crippen LogP contribution is -2.45. The summed E-state index contributed by atoms with van der Waals surface area (Å²) in [6.07, 6.45) is 3.27. The molecule has 1 atom stereocenters. The molecule has 0 radical (unpaired) electrons. The minimum absolute atomic E-state index is 0.0492. The molecule has 1 aromatic rings. The number of hydrogen-bond donors (Lipinski definition) is 0. The van der Waals surface area contributed by atoms with Gasteiger partial charge in [-0.15, -0.1) is 0 Å². The lowest BCUT2D eigenvalue weighted by Gasteiger charge is -2.35. The van der Waals surface area contributed by atoms with E-state index in [4.69, 9.17) is 14.2 Å². The average Bonchev–Trinajstić information content (AvgIpc) is 3.15. The first-order chi connectivity index (χ1) is 12.2. The zero-order valence-electron chi connectivity index (χ0n) is 14.2. The van der Waals surface area contributed by atoms with E-state index in [1.165, 1.54) is 0 Å². The van der Waals surface area contributed by atoms with Gasteiger partial charge in [-0.05, 0) is 43.9 Å². The number of piperidine rings is 1. The molecule has 1 amide bonds. The van der Waals surface area contributed by atoms with E-state index in [9.17, 15) is 9.59 Å². The third-order valence-corrected chi connectivity index (χ3v) is 5.33. The van der Waals surface area contributed by atoms with E-state index in [1.807, 2.05) is 4.90 Å². The second kappa shape index (κ2) is 7.04. The van der Waals surface area contributed by atoms with Crippen molar-refractivity contribution in [1.82, 2.24) is 4.90 Å². The van der Waals surface area contributed by atoms with Gasteiger partial charge in [0, 0.05) is 43.7 Å². The average molecular weight is 345 g/mol. The Morgan fingerprint density at radius 3 is 2.64 bits per heavy atom. The number of Topliss-reactive ketones (excluding diaryl/α,β-unsaturated/α-hetero) is 1. The molecule has 0 saturated carbocycles. The van der Waals surface area contributed by atoms with Gasteiger partial charge >= 0.3 is 0 Å². The Balaban J connectivity index is 1.43. The fourth-order valence-corrected chi connectivity index (χ4v) is 3.88. The predicted octanol–water partition coefficient (Wildman–Crippen LogP) is 2.26. The van der Waals surface area contributed by atoms with E-state index in [-0.39, 0.29) is 30.3 Å². The quantitative estimate of drug-likeness (QED) is 0.786. The van der Waals surface area contributed by atoms with Gasteiger partial charge in [-0.3, -0.25) is 9.59 Å². The fourth-order valence-electron chi connectivity index (χ4n) is 3.88. The summed E-state index contributed by atoms with van der Waals surface area (Å²) in [6.45, 7) is 2.78. The maximum atomic E-state index is 12.9. The Hall–Kier alpha value is -2.08. The summed E-state index contributed by atoms with van der Waals surface area (Å²) >= 11 is 0. The molecule has 6 nitrogen and oxygen atoms in total. The molecule has 2 saturated heterocycles. The fraction of sp³-hybridized carbons (Fsp3) is 0.579. The van der Waals surface area contributed by atoms with E-state index in [2.05, 4.69) is 0 Å². The maximum absolute atomic E-state index is 12.9. The van der Waals surface area contributed by atoms with Gasteiger partial charge in [-0.2, -0.15) is 0 Å². The second-order valence-corrected chi connectivity index (χ2v) is 6.94. The van der Waals surface area contributed by atoms with Crippen LogP contribution in [0.1, 0.15) is 36.0 Å². The van der Waals surface area contributed by atoms with Crippen molar-refractivity contribution < 1.29 is 23.8 Å². The standard InChI is InChI=1S/C19H23NO5/c21-18(14-3-4-16-17(10-14)25-12-24-16)15-2-1-7-20(11-15)19(22)13-5-8-23-9-6-13/h3-4,10,13,15H,1-2,5-9,11-12H2/t15-/m0/s1. The van der Waals surface area contributed by atoms with Crippen LogP contribution in [0, 0.1) is 11.8 Å². The lowest BCUT2D eigenvalue weighted by atomic mass is 9.88. The number of ether oxygens (including phenoxy) is 3. The number of nitrogens with zero attached hydrogens (tertiary/aromatic N) is 1. The SMILES string of the molecule is O=C(c1ccc2c(c1)OCO2)[C@H]1CCCN(C(=O)C2CCOCC2)C1. The molecule has 2 fully saturated rings. The Labute approximate surface area is 147 Å². The highest BCUT2D eigenvalue weighted by atomic mass is 16.7. The van der Waals surface area contributed by atoms with E-state index in [0.29, 0.717) is 36.8 Å². The number of carbonyl (C=O) groups excluding carboxylic acids is 2. The van der Waals surface area contributed by atoms with Crippen molar-refractivity contribution in [2.24, 2.45) is 11.8 Å². The zero-order valence-corrected chi connectivity index (χ0v) is 14.2. The lowest BCUT2D eigenvalue weighted by molar-refractivity contribution is -0.140. The second-order valence-electron chi connectivity index (χ2n) is 6.94. The normalized spacial score (nSPS) is 23.5. The van der Waals surface area contributed by atoms with E-state index in [0.717, 1.165) is 32.2 Å². The zero-order chi connectivity index (χ0) is 17.2. The molecule has 134 valence electrons. The number of carbonyl (C=O) groups is 2. The van der Waals surface area contributed by atoms with Crippen LogP contribution in [0.4, 0.5) is 0 Å². The molecule has 3 aliphatic heterocycles. The monoisotopic (exact) mass is 345 g/mol. The Morgan fingerprint density at radius 1 is 1.00 bits per heavy atom. The van der Waals surface area contributed by atoms with Crippen LogP contribution in [0.2, 0.25) is 0 Å². The molecule has 3 aliphatic rings. The molecule has 1 aromatic carbocycles. The summed E-state index contributed by atoms with van der Waals surface area (Å²) < 4.78 is 16.0. The number of likely N-dealkylation sites (tertiary alicyclic amines) is 1. The molecule has 6 heteroatoms. The third-order valence-electron chi connectivity index (χ3n) is 5.33. The largest absolute Gasteiger partial charge is 0.454 e. The van der Waals surface area contributed by atoms with Gasteiger partial charge in [0.2, 0.25) is 12.7 Å². The molecule has 0 aromatic heterocycles. The molecule has 0 spiro atoms. The summed E-state index contributed by atoms with van der Waals surface area (Å²) in [7, 11) is 0. The van der Waals surface area contributed by atoms with Gasteiger partial charge in [0.05, 0.1) is 0 Å². The van der Waals surface area contributed by atoms with Gasteiger partial charge in [0.25, 0.3) is 0 Å². The predicted molar refractivity (Wildman–Crippen MR) is 89.7 cm³/mol. The van der Waals surface area contributed by atoms with Crippen LogP contribution in [-0.2, 0) is 9.53 Å². The van der Waals surface area contributed by atoms with Crippen LogP contribution < -0.4 is 9.47 Å². The first kappa shape index (κ1) is 16.4. The molecular weight excluding hydrogens is 322 g/mol. The van der Waals surface area contributed by atoms with E-state index >= 15 is 0 Å². The van der Waals surface area contributed by atoms with Crippen molar-refractivity contribution in [3.8, 4) is 11.5 Å². The first-order valence-corrected chi connectivity index (χ1v) is 9.03. The van der Waals surface area contributed by atoms with Crippen molar-refractivity contribution in [1.29, 1.82) is 0 Å². The van der Waals surface area contributed by atoms with Gasteiger partial charge in [-0.25, -0.2) is 0 Å². The Morgan fingerprint density at radius 2 is 1.80 bits per heavy atom. The van der Waals surface area contributed by atoms with Gasteiger partial charge < -0.3 is 19.1 Å². The number of ketones is 1. The van der Waals surface area contributed by atoms with Gasteiger partial charge in [0.15, 0.2) is 17.3 Å². The molecular formula is C19H23NO5. The summed E-state index contributed by atoms with van der Waals surface area (Å²) in [5, 5.41) is 0. The van der Waals surface area contributed by atoms with Gasteiger partial charge in [0.1, 0.15) is 0 Å². The van der Waals surface area contributed by atoms with Crippen molar-refractivity contribution >= 4 is 11.7 Å². The molecule has 25 heavy (non-hydrogen) atoms. The van der Waals surface area contributed by atoms with Crippen LogP contribution in [0.15, 0.2) is 18.2 Å². The molecule has 3 heterocycles. The summed E-state index contributed by atoms with van der Waals surface area (Å²) in [5.41, 5.74) is 0.634. The van der Waals surface area contributed by atoms with Crippen molar-refractivity contribution in [2.45, 2.75) is 25.7 Å². The van der Waals surface area contributed by atoms with Crippen LogP contribution in [0.5, 0.6) is 11.5 Å². The highest BCUT2D eigenvalue weighted by Crippen LogP contribution is 2.34. The van der Waals surface area contributed by atoms with Crippen LogP contribution >= 0.6 is 0 Å². The van der Waals surface area contributed by atoms with Crippen molar-refractivity contribution in [3.05, 3.63) is 23.8 Å². The highest BCUT2D eigenvalue weighted by molar-refractivity contribution is 5.99. The highest BCUT2D eigenvalue weighted by Gasteiger charge is 2.33. The number of amides is 1. The minimum atomic E-state index is -0.141. The molecule has 4 rings (SSSR count). The number of rotatable bonds is 3. The van der Waals surface area contributed by atoms with Crippen LogP contribution in [0.3, 0.4) is 0 Å². The number of benzene rings is 1. The topological polar surface area (TPSA) is 65.1 Å². The number of hydrogen-bond acceptors (Lipinski definition) is 5. The summed E-state index contributed by atoms with van der Waals surface area (Å²) in [5.74, 6) is 1.48. The van der Waals surface area contributed by atoms with Crippen molar-refractivity contribution in [3.63, 3.8) is 0 Å². The summed E-state index contributed by atoms with van der Waals surface area (Å²) in [4.78, 5) is 27.5. The van der Waals surface area contributed by atoms with E-state index < -0.39 is 0 Å². The molecule has 0 N–H and O–H groups in total. The molecule has 0 unspecified atom stereocenters. The smallest absolute Gasteiger partial charge is 0.231 e. The number of fused-ring (bicyclic) bond motifs is 1. The van der Waals surface area contributed by atoms with E-state index in [1.54, 1.807) is 18.2 Å². The maximum Gasteiger partial charge on any atom is 0.231 e. The van der Waals surface area contributed by atoms with Crippen LogP contribution in [0.25, 0.3) is 0 Å². The molecule has 0 aliphatic carbocycles. The Bertz CT molecular complexity index is 668. The summed E-state index contributed by atoms with van der Waals surface area (Å²) in [6, 6.07) is 5.32. The third kappa shape index (κ3) is 3.35. The van der Waals surface area contributed by atoms with Crippen molar-refractivity contribution in [2.75, 3.05) is 33.1 Å². The molecule has 0 bridgehead atoms. The minimum Gasteiger partial charge on any atom is -0.454 e. The van der Waals surface area contributed by atoms with Gasteiger partial charge in [-0.1, -0.05) is 0 Å². The van der Waals surface area contributed by atoms with Crippen LogP contribution in [-0.4, -0.2) is 49.7 Å². The Kier molecular flexibility index (Phi) is 4.61.